The maximum absolute atomic E-state index is 13.4. The Bertz CT molecular complexity index is 394. The van der Waals surface area contributed by atoms with Gasteiger partial charge in [-0.2, -0.15) is 13.2 Å². The maximum atomic E-state index is 13.4. The average molecular weight is 359 g/mol. The second-order valence-corrected chi connectivity index (χ2v) is 8.37. The first-order valence-corrected chi connectivity index (χ1v) is 9.01. The summed E-state index contributed by atoms with van der Waals surface area (Å²) in [4.78, 5) is 12.0. The van der Waals surface area contributed by atoms with Gasteiger partial charge in [0, 0.05) is 0 Å². The van der Waals surface area contributed by atoms with Gasteiger partial charge in [0.25, 0.3) is 0 Å². The molecule has 0 rings (SSSR count). The number of hydrogen-bond acceptors (Lipinski definition) is 3. The van der Waals surface area contributed by atoms with Gasteiger partial charge in [0.1, 0.15) is 6.04 Å². The topological polar surface area (TPSA) is 55.4 Å². The fourth-order valence-corrected chi connectivity index (χ4v) is 2.84. The minimum Gasteiger partial charge on any atom is -0.466 e. The first-order chi connectivity index (χ1) is 10.4. The Morgan fingerprint density at radius 3 is 2.13 bits per heavy atom. The predicted molar refractivity (Wildman–Crippen MR) is 85.1 cm³/mol. The number of hydrogen-bond donors (Lipinski definition) is 1. The van der Waals surface area contributed by atoms with Crippen LogP contribution >= 0.6 is 0 Å². The molecule has 0 amide bonds. The lowest BCUT2D eigenvalue weighted by Gasteiger charge is -2.30. The van der Waals surface area contributed by atoms with E-state index in [1.807, 2.05) is 6.92 Å². The third-order valence-corrected chi connectivity index (χ3v) is 4.83. The molecule has 0 aromatic rings. The Balaban J connectivity index is 5.37. The van der Waals surface area contributed by atoms with Gasteiger partial charge < -0.3 is 4.74 Å². The highest BCUT2D eigenvalue weighted by Gasteiger charge is 2.49. The summed E-state index contributed by atoms with van der Waals surface area (Å²) in [5.74, 6) is -2.29. The fraction of sp³-hybridized carbons (Fsp3) is 0.933. The summed E-state index contributed by atoms with van der Waals surface area (Å²) in [6.07, 6.45) is -2.61. The number of esters is 1. The molecule has 0 saturated carbocycles. The van der Waals surface area contributed by atoms with E-state index in [1.54, 1.807) is 27.7 Å². The minimum atomic E-state index is -4.69. The second kappa shape index (κ2) is 9.61. The van der Waals surface area contributed by atoms with Crippen LogP contribution < -0.4 is 4.72 Å². The second-order valence-electron chi connectivity index (χ2n) is 6.37. The quantitative estimate of drug-likeness (QED) is 0.504. The van der Waals surface area contributed by atoms with Crippen LogP contribution in [0.15, 0.2) is 0 Å². The monoisotopic (exact) mass is 359 g/mol. The van der Waals surface area contributed by atoms with Crippen LogP contribution in [-0.2, 0) is 20.5 Å². The Labute approximate surface area is 139 Å². The van der Waals surface area contributed by atoms with Crippen molar-refractivity contribution in [2.24, 2.45) is 5.92 Å². The zero-order chi connectivity index (χ0) is 18.3. The number of carbonyl (C=O) groups excluding carboxylic acids is 1. The highest BCUT2D eigenvalue weighted by Crippen LogP contribution is 2.31. The number of rotatable bonds is 9. The fourth-order valence-electron chi connectivity index (χ4n) is 1.95. The lowest BCUT2D eigenvalue weighted by Crippen LogP contribution is -2.53. The van der Waals surface area contributed by atoms with Crippen LogP contribution in [0.1, 0.15) is 60.3 Å². The van der Waals surface area contributed by atoms with Crippen LogP contribution in [0.25, 0.3) is 0 Å². The van der Waals surface area contributed by atoms with Gasteiger partial charge in [0.05, 0.1) is 28.3 Å². The molecule has 4 nitrogen and oxygen atoms in total. The number of carbonyl (C=O) groups is 1. The zero-order valence-electron chi connectivity index (χ0n) is 14.5. The van der Waals surface area contributed by atoms with E-state index < -0.39 is 39.8 Å². The molecule has 0 radical (unpaired) electrons. The number of alkyl halides is 3. The number of halogens is 3. The summed E-state index contributed by atoms with van der Waals surface area (Å²) in [7, 11) is -1.94. The molecule has 0 aliphatic rings. The largest absolute Gasteiger partial charge is 0.466 e. The molecular weight excluding hydrogens is 331 g/mol. The van der Waals surface area contributed by atoms with Gasteiger partial charge in [0.2, 0.25) is 0 Å². The Kier molecular flexibility index (Phi) is 9.35. The van der Waals surface area contributed by atoms with Crippen molar-refractivity contribution in [1.82, 2.24) is 4.72 Å². The highest BCUT2D eigenvalue weighted by molar-refractivity contribution is 7.84. The third-order valence-electron chi connectivity index (χ3n) is 3.25. The summed E-state index contributed by atoms with van der Waals surface area (Å²) in [6, 6.07) is -2.18. The van der Waals surface area contributed by atoms with Crippen LogP contribution in [0.4, 0.5) is 13.2 Å². The van der Waals surface area contributed by atoms with Crippen molar-refractivity contribution in [2.75, 3.05) is 6.61 Å². The predicted octanol–water partition coefficient (Wildman–Crippen LogP) is 3.73. The lowest BCUT2D eigenvalue weighted by atomic mass is 9.93. The van der Waals surface area contributed by atoms with Crippen molar-refractivity contribution in [3.63, 3.8) is 0 Å². The van der Waals surface area contributed by atoms with E-state index in [0.717, 1.165) is 12.8 Å². The molecule has 0 bridgehead atoms. The van der Waals surface area contributed by atoms with E-state index in [-0.39, 0.29) is 13.0 Å². The van der Waals surface area contributed by atoms with Gasteiger partial charge in [-0.05, 0) is 34.1 Å². The Morgan fingerprint density at radius 2 is 1.74 bits per heavy atom. The molecule has 138 valence electrons. The molecule has 0 aromatic carbocycles. The van der Waals surface area contributed by atoms with E-state index in [9.17, 15) is 22.2 Å². The van der Waals surface area contributed by atoms with Gasteiger partial charge >= 0.3 is 12.1 Å². The molecule has 23 heavy (non-hydrogen) atoms. The summed E-state index contributed by atoms with van der Waals surface area (Å²) < 4.78 is 58.4. The summed E-state index contributed by atoms with van der Waals surface area (Å²) in [5.41, 5.74) is 0. The molecule has 3 atom stereocenters. The summed E-state index contributed by atoms with van der Waals surface area (Å²) in [6.45, 7) is 8.19. The first-order valence-electron chi connectivity index (χ1n) is 7.86. The molecule has 0 aliphatic heterocycles. The first kappa shape index (κ1) is 22.4. The molecule has 0 aromatic heterocycles. The summed E-state index contributed by atoms with van der Waals surface area (Å²) in [5, 5.41) is 0. The number of nitrogens with one attached hydrogen (secondary N) is 1. The van der Waals surface area contributed by atoms with Crippen LogP contribution in [0.2, 0.25) is 0 Å². The molecule has 0 spiro atoms. The van der Waals surface area contributed by atoms with E-state index in [0.29, 0.717) is 6.42 Å². The van der Waals surface area contributed by atoms with Gasteiger partial charge in [0.15, 0.2) is 0 Å². The average Bonchev–Trinajstić information content (AvgIpc) is 2.39. The van der Waals surface area contributed by atoms with Crippen molar-refractivity contribution in [3.05, 3.63) is 0 Å². The van der Waals surface area contributed by atoms with Gasteiger partial charge in [-0.15, -0.1) is 0 Å². The molecule has 0 aliphatic carbocycles. The molecule has 8 heteroatoms. The van der Waals surface area contributed by atoms with Crippen molar-refractivity contribution >= 4 is 17.0 Å². The van der Waals surface area contributed by atoms with Gasteiger partial charge in [-0.1, -0.05) is 26.2 Å². The van der Waals surface area contributed by atoms with Crippen LogP contribution in [0.3, 0.4) is 0 Å². The van der Waals surface area contributed by atoms with E-state index >= 15 is 0 Å². The number of ether oxygens (including phenoxy) is 1. The van der Waals surface area contributed by atoms with Crippen LogP contribution in [-0.4, -0.2) is 33.8 Å². The molecule has 0 fully saturated rings. The molecule has 0 heterocycles. The highest BCUT2D eigenvalue weighted by atomic mass is 32.2. The van der Waals surface area contributed by atoms with Crippen molar-refractivity contribution in [1.29, 1.82) is 0 Å². The Morgan fingerprint density at radius 1 is 1.17 bits per heavy atom. The standard InChI is InChI=1S/C15H28F3NO3S/c1-6-8-9-10-11(13(20)22-7-2)12(15(16,17)18)19-23(21)14(3,4)5/h11-12,19H,6-10H2,1-5H3/t11-,12-,23-/m0/s1. The van der Waals surface area contributed by atoms with E-state index in [1.165, 1.54) is 0 Å². The zero-order valence-corrected chi connectivity index (χ0v) is 15.3. The smallest absolute Gasteiger partial charge is 0.405 e. The van der Waals surface area contributed by atoms with Crippen LogP contribution in [0, 0.1) is 5.92 Å². The maximum Gasteiger partial charge on any atom is 0.405 e. The van der Waals surface area contributed by atoms with E-state index in [2.05, 4.69) is 4.72 Å². The summed E-state index contributed by atoms with van der Waals surface area (Å²) >= 11 is 0. The van der Waals surface area contributed by atoms with Crippen molar-refractivity contribution < 1.29 is 26.9 Å². The molecule has 0 unspecified atom stereocenters. The Hall–Kier alpha value is -0.630. The molecule has 1 N–H and O–H groups in total. The van der Waals surface area contributed by atoms with E-state index in [4.69, 9.17) is 4.74 Å². The SMILES string of the molecule is CCCCC[C@H](C(=O)OCC)[C@H](N[S@@](=O)C(C)(C)C)C(F)(F)F. The molecular formula is C15H28F3NO3S. The third kappa shape index (κ3) is 8.15. The minimum absolute atomic E-state index is 0.00997. The lowest BCUT2D eigenvalue weighted by molar-refractivity contribution is -0.179. The molecule has 0 saturated heterocycles. The van der Waals surface area contributed by atoms with Crippen LogP contribution in [0.5, 0.6) is 0 Å². The van der Waals surface area contributed by atoms with Crippen molar-refractivity contribution in [2.45, 2.75) is 77.3 Å². The van der Waals surface area contributed by atoms with Crippen molar-refractivity contribution in [3.8, 4) is 0 Å². The number of unbranched alkanes of at least 4 members (excludes halogenated alkanes) is 2. The van der Waals surface area contributed by atoms with Gasteiger partial charge in [-0.25, -0.2) is 8.93 Å². The van der Waals surface area contributed by atoms with Gasteiger partial charge in [-0.3, -0.25) is 4.79 Å². The normalized spacial score (nSPS) is 16.7.